The number of hydrogen-bond acceptors (Lipinski definition) is 8. The van der Waals surface area contributed by atoms with Gasteiger partial charge in [-0.3, -0.25) is 18.0 Å². The molecule has 0 saturated carbocycles. The van der Waals surface area contributed by atoms with E-state index in [1.807, 2.05) is 27.7 Å². The molecule has 0 bridgehead atoms. The van der Waals surface area contributed by atoms with Crippen molar-refractivity contribution in [2.24, 2.45) is 11.8 Å². The average molecular weight is 468 g/mol. The van der Waals surface area contributed by atoms with Crippen molar-refractivity contribution in [3.05, 3.63) is 11.5 Å². The van der Waals surface area contributed by atoms with Crippen LogP contribution in [-0.2, 0) is 46.5 Å². The van der Waals surface area contributed by atoms with Gasteiger partial charge in [0.1, 0.15) is 0 Å². The van der Waals surface area contributed by atoms with E-state index in [4.69, 9.17) is 29.0 Å². The Hall–Kier alpha value is -0.751. The molecule has 0 amide bonds. The summed E-state index contributed by atoms with van der Waals surface area (Å²) in [6, 6.07) is -1.40. The van der Waals surface area contributed by atoms with Gasteiger partial charge in [-0.1, -0.05) is 40.5 Å². The van der Waals surface area contributed by atoms with Crippen LogP contribution in [0, 0.1) is 11.8 Å². The van der Waals surface area contributed by atoms with Crippen molar-refractivity contribution in [1.82, 2.24) is 0 Å². The van der Waals surface area contributed by atoms with Crippen molar-refractivity contribution >= 4 is 22.3 Å². The van der Waals surface area contributed by atoms with Gasteiger partial charge in [-0.05, 0) is 37.8 Å². The Morgan fingerprint density at radius 1 is 0.821 bits per heavy atom. The Bertz CT molecular complexity index is 463. The molecule has 28 heavy (non-hydrogen) atoms. The monoisotopic (exact) mass is 468 g/mol. The normalized spacial score (nSPS) is 12.4. The Labute approximate surface area is 179 Å². The Kier molecular flexibility index (Phi) is 24.3. The molecule has 0 aliphatic heterocycles. The van der Waals surface area contributed by atoms with E-state index in [9.17, 15) is 9.59 Å². The summed E-state index contributed by atoms with van der Waals surface area (Å²) in [7, 11) is -5.17. The first-order valence-electron chi connectivity index (χ1n) is 8.57. The third-order valence-corrected chi connectivity index (χ3v) is 2.56. The van der Waals surface area contributed by atoms with E-state index in [2.05, 4.69) is 9.47 Å². The molecule has 0 heterocycles. The van der Waals surface area contributed by atoms with Gasteiger partial charge in [-0.25, -0.2) is 0 Å². The van der Waals surface area contributed by atoms with E-state index >= 15 is 0 Å². The Morgan fingerprint density at radius 2 is 1.04 bits per heavy atom. The number of carbonyl (C=O) groups excluding carboxylic acids is 2. The fourth-order valence-corrected chi connectivity index (χ4v) is 1.62. The van der Waals surface area contributed by atoms with Crippen LogP contribution in [0.3, 0.4) is 0 Å². The zero-order chi connectivity index (χ0) is 22.2. The summed E-state index contributed by atoms with van der Waals surface area (Å²) in [5.74, 6) is -0.0498. The van der Waals surface area contributed by atoms with Crippen LogP contribution in [0.25, 0.3) is 11.5 Å². The number of nitrogens with one attached hydrogen (secondary N) is 2. The van der Waals surface area contributed by atoms with Crippen LogP contribution >= 0.6 is 0 Å². The molecule has 0 spiro atoms. The molecule has 0 rings (SSSR count). The van der Waals surface area contributed by atoms with Gasteiger partial charge >= 0.3 is 17.1 Å². The minimum atomic E-state index is -5.17. The summed E-state index contributed by atoms with van der Waals surface area (Å²) < 4.78 is 43.4. The fourth-order valence-electron chi connectivity index (χ4n) is 1.62. The number of ether oxygens (including phenoxy) is 2. The van der Waals surface area contributed by atoms with E-state index in [-0.39, 0.29) is 17.1 Å². The van der Waals surface area contributed by atoms with Crippen molar-refractivity contribution in [2.45, 2.75) is 66.5 Å². The van der Waals surface area contributed by atoms with Crippen molar-refractivity contribution < 1.29 is 53.7 Å². The second-order valence-electron chi connectivity index (χ2n) is 6.28. The Morgan fingerprint density at radius 3 is 1.18 bits per heavy atom. The minimum Gasteiger partial charge on any atom is -0.759 e. The molecule has 10 nitrogen and oxygen atoms in total. The molecule has 0 fully saturated rings. The van der Waals surface area contributed by atoms with E-state index in [1.54, 1.807) is 13.8 Å². The summed E-state index contributed by atoms with van der Waals surface area (Å²) in [4.78, 5) is 21.7. The number of esters is 2. The SMILES string of the molecule is CCOC(=O)C([NH-])CC(C)C.CCOC(=O)C([NH-])CC(C)C.O=S(=O)([O-])[O-].[Fe+4]. The zero-order valence-corrected chi connectivity index (χ0v) is 19.1. The molecule has 12 heteroatoms. The largest absolute Gasteiger partial charge is 4.00 e. The molecule has 168 valence electrons. The molecule has 0 aliphatic carbocycles. The quantitative estimate of drug-likeness (QED) is 0.225. The van der Waals surface area contributed by atoms with Gasteiger partial charge in [0.25, 0.3) is 11.9 Å². The summed E-state index contributed by atoms with van der Waals surface area (Å²) in [6.07, 6.45) is 1.16. The van der Waals surface area contributed by atoms with Gasteiger partial charge in [0.2, 0.25) is 0 Å². The summed E-state index contributed by atoms with van der Waals surface area (Å²) in [5, 5.41) is 0. The first-order chi connectivity index (χ1) is 12.1. The molecule has 0 saturated heterocycles. The van der Waals surface area contributed by atoms with Gasteiger partial charge in [-0.2, -0.15) is 0 Å². The first-order valence-corrected chi connectivity index (χ1v) is 9.91. The molecule has 2 atom stereocenters. The zero-order valence-electron chi connectivity index (χ0n) is 17.2. The number of carbonyl (C=O) groups is 2. The first kappa shape index (κ1) is 34.7. The second-order valence-corrected chi connectivity index (χ2v) is 7.09. The van der Waals surface area contributed by atoms with Crippen LogP contribution in [0.15, 0.2) is 0 Å². The van der Waals surface area contributed by atoms with E-state index in [0.29, 0.717) is 37.9 Å². The van der Waals surface area contributed by atoms with Gasteiger partial charge in [0, 0.05) is 10.4 Å². The maximum absolute atomic E-state index is 10.9. The summed E-state index contributed by atoms with van der Waals surface area (Å²) >= 11 is 0. The summed E-state index contributed by atoms with van der Waals surface area (Å²) in [5.41, 5.74) is 14.7. The van der Waals surface area contributed by atoms with Gasteiger partial charge in [0.05, 0.1) is 13.2 Å². The molecule has 2 N–H and O–H groups in total. The third kappa shape index (κ3) is 32.9. The van der Waals surface area contributed by atoms with Crippen LogP contribution in [0.5, 0.6) is 0 Å². The predicted octanol–water partition coefficient (Wildman–Crippen LogP) is 2.69. The van der Waals surface area contributed by atoms with Crippen molar-refractivity contribution in [2.75, 3.05) is 13.2 Å². The van der Waals surface area contributed by atoms with Gasteiger partial charge < -0.3 is 30.0 Å². The minimum absolute atomic E-state index is 0. The molecule has 0 aromatic heterocycles. The average Bonchev–Trinajstić information content (AvgIpc) is 2.45. The molecule has 0 aromatic carbocycles. The molecule has 0 aliphatic rings. The van der Waals surface area contributed by atoms with Crippen LogP contribution in [-0.4, -0.2) is 54.8 Å². The van der Waals surface area contributed by atoms with Crippen molar-refractivity contribution in [3.8, 4) is 0 Å². The van der Waals surface area contributed by atoms with Crippen LogP contribution in [0.2, 0.25) is 0 Å². The number of rotatable bonds is 8. The molecule has 0 aromatic rings. The Balaban J connectivity index is -0.000000162. The maximum Gasteiger partial charge on any atom is 4.00 e. The van der Waals surface area contributed by atoms with E-state index in [1.165, 1.54) is 0 Å². The topological polar surface area (TPSA) is 180 Å². The molecular weight excluding hydrogens is 436 g/mol. The maximum atomic E-state index is 10.9. The summed E-state index contributed by atoms with van der Waals surface area (Å²) in [6.45, 7) is 12.2. The second kappa shape index (κ2) is 19.6. The fraction of sp³-hybridized carbons (Fsp3) is 0.875. The third-order valence-electron chi connectivity index (χ3n) is 2.56. The smallest absolute Gasteiger partial charge is 0.759 e. The molecule has 0 radical (unpaired) electrons. The van der Waals surface area contributed by atoms with Crippen molar-refractivity contribution in [1.29, 1.82) is 0 Å². The van der Waals surface area contributed by atoms with Crippen LogP contribution < -0.4 is 0 Å². The van der Waals surface area contributed by atoms with Crippen LogP contribution in [0.4, 0.5) is 0 Å². The number of hydrogen-bond donors (Lipinski definition) is 0. The predicted molar refractivity (Wildman–Crippen MR) is 98.9 cm³/mol. The van der Waals surface area contributed by atoms with Crippen LogP contribution in [0.1, 0.15) is 54.4 Å². The molecule has 2 unspecified atom stereocenters. The van der Waals surface area contributed by atoms with E-state index < -0.39 is 34.4 Å². The standard InChI is InChI=1S/2C8H16NO2.Fe.H2O4S/c2*1-4-11-8(10)7(9)5-6(2)3;;1-5(2,3)4/h2*6-7,9H,4-5H2,1-3H3;;(H2,1,2,3,4)/q2*-1;+4;/p-2. The van der Waals surface area contributed by atoms with Crippen molar-refractivity contribution in [3.63, 3.8) is 0 Å². The van der Waals surface area contributed by atoms with E-state index in [0.717, 1.165) is 0 Å². The van der Waals surface area contributed by atoms with Gasteiger partial charge in [-0.15, -0.1) is 0 Å². The molecular formula is C16H32FeN2O8S. The van der Waals surface area contributed by atoms with Gasteiger partial charge in [0.15, 0.2) is 0 Å².